The van der Waals surface area contributed by atoms with Gasteiger partial charge in [-0.1, -0.05) is 65.9 Å². The average molecular weight is 379 g/mol. The van der Waals surface area contributed by atoms with Gasteiger partial charge < -0.3 is 5.11 Å². The van der Waals surface area contributed by atoms with Gasteiger partial charge in [0.05, 0.1) is 11.4 Å². The number of carboxylic acids is 1. The molecule has 0 bridgehead atoms. The summed E-state index contributed by atoms with van der Waals surface area (Å²) >= 11 is 1.30. The van der Waals surface area contributed by atoms with Crippen molar-refractivity contribution in [2.75, 3.05) is 4.90 Å². The minimum atomic E-state index is -0.970. The Morgan fingerprint density at radius 2 is 1.81 bits per heavy atom. The van der Waals surface area contributed by atoms with Crippen LogP contribution in [0.1, 0.15) is 24.5 Å². The SMILES string of the molecule is C/C(=C/C=C1/SC(CC(=O)O)C(=O)N1c1ccc(C)cc1)c1ccccc1. The summed E-state index contributed by atoms with van der Waals surface area (Å²) < 4.78 is 0. The molecule has 1 aliphatic rings. The second kappa shape index (κ2) is 8.27. The lowest BCUT2D eigenvalue weighted by atomic mass is 10.1. The molecule has 3 rings (SSSR count). The Morgan fingerprint density at radius 1 is 1.15 bits per heavy atom. The summed E-state index contributed by atoms with van der Waals surface area (Å²) in [7, 11) is 0. The zero-order valence-corrected chi connectivity index (χ0v) is 16.1. The molecule has 0 radical (unpaired) electrons. The minimum Gasteiger partial charge on any atom is -0.481 e. The molecule has 2 aromatic carbocycles. The number of hydrogen-bond donors (Lipinski definition) is 1. The van der Waals surface area contributed by atoms with Gasteiger partial charge in [0.1, 0.15) is 5.25 Å². The number of carbonyl (C=O) groups excluding carboxylic acids is 1. The molecule has 1 fully saturated rings. The van der Waals surface area contributed by atoms with Gasteiger partial charge in [-0.15, -0.1) is 0 Å². The van der Waals surface area contributed by atoms with E-state index in [1.807, 2.05) is 80.6 Å². The number of nitrogens with zero attached hydrogens (tertiary/aromatic N) is 1. The van der Waals surface area contributed by atoms with Crippen LogP contribution in [0.4, 0.5) is 5.69 Å². The van der Waals surface area contributed by atoms with E-state index in [0.717, 1.165) is 27.4 Å². The molecule has 27 heavy (non-hydrogen) atoms. The van der Waals surface area contributed by atoms with Crippen LogP contribution in [0.2, 0.25) is 0 Å². The Kier molecular flexibility index (Phi) is 5.81. The molecular formula is C22H21NO3S. The number of benzene rings is 2. The highest BCUT2D eigenvalue weighted by atomic mass is 32.2. The van der Waals surface area contributed by atoms with E-state index in [4.69, 9.17) is 5.11 Å². The number of amides is 1. The van der Waals surface area contributed by atoms with E-state index in [-0.39, 0.29) is 12.3 Å². The fourth-order valence-electron chi connectivity index (χ4n) is 2.84. The standard InChI is InChI=1S/C22H21NO3S/c1-15-8-11-18(12-9-15)23-20(27-19(22(23)26)14-21(24)25)13-10-16(2)17-6-4-3-5-7-17/h3-13,19H,14H2,1-2H3,(H,24,25)/b16-10-,20-13+. The van der Waals surface area contributed by atoms with Gasteiger partial charge in [-0.05, 0) is 43.2 Å². The van der Waals surface area contributed by atoms with Gasteiger partial charge >= 0.3 is 5.97 Å². The normalized spacial score (nSPS) is 19.0. The maximum atomic E-state index is 12.8. The van der Waals surface area contributed by atoms with Gasteiger partial charge in [-0.2, -0.15) is 0 Å². The van der Waals surface area contributed by atoms with Gasteiger partial charge in [-0.25, -0.2) is 0 Å². The highest BCUT2D eigenvalue weighted by Crippen LogP contribution is 2.40. The van der Waals surface area contributed by atoms with Crippen molar-refractivity contribution in [2.24, 2.45) is 0 Å². The zero-order valence-electron chi connectivity index (χ0n) is 15.3. The van der Waals surface area contributed by atoms with Crippen molar-refractivity contribution >= 4 is 34.9 Å². The van der Waals surface area contributed by atoms with Crippen molar-refractivity contribution in [3.8, 4) is 0 Å². The van der Waals surface area contributed by atoms with Crippen molar-refractivity contribution in [3.63, 3.8) is 0 Å². The van der Waals surface area contributed by atoms with Crippen molar-refractivity contribution in [1.29, 1.82) is 0 Å². The van der Waals surface area contributed by atoms with Crippen LogP contribution in [0.15, 0.2) is 71.8 Å². The van der Waals surface area contributed by atoms with Gasteiger partial charge in [0.25, 0.3) is 0 Å². The van der Waals surface area contributed by atoms with E-state index in [1.165, 1.54) is 11.8 Å². The largest absolute Gasteiger partial charge is 0.481 e. The molecule has 1 atom stereocenters. The second-order valence-electron chi connectivity index (χ2n) is 6.43. The Balaban J connectivity index is 1.95. The smallest absolute Gasteiger partial charge is 0.305 e. The minimum absolute atomic E-state index is 0.190. The van der Waals surface area contributed by atoms with Gasteiger partial charge in [0.2, 0.25) is 5.91 Å². The molecule has 5 heteroatoms. The Hall–Kier alpha value is -2.79. The van der Waals surface area contributed by atoms with Gasteiger partial charge in [0.15, 0.2) is 0 Å². The van der Waals surface area contributed by atoms with E-state index < -0.39 is 11.2 Å². The summed E-state index contributed by atoms with van der Waals surface area (Å²) in [5.74, 6) is -1.16. The first-order valence-electron chi connectivity index (χ1n) is 8.69. The Labute approximate surface area is 163 Å². The molecule has 1 amide bonds. The zero-order chi connectivity index (χ0) is 19.4. The molecule has 2 aromatic rings. The number of carboxylic acid groups (broad SMARTS) is 1. The molecule has 0 saturated carbocycles. The van der Waals surface area contributed by atoms with E-state index in [1.54, 1.807) is 4.90 Å². The van der Waals surface area contributed by atoms with E-state index in [9.17, 15) is 9.59 Å². The second-order valence-corrected chi connectivity index (χ2v) is 7.66. The van der Waals surface area contributed by atoms with E-state index in [0.29, 0.717) is 0 Å². The van der Waals surface area contributed by atoms with Crippen molar-refractivity contribution in [3.05, 3.63) is 82.9 Å². The third-order valence-corrected chi connectivity index (χ3v) is 5.55. The summed E-state index contributed by atoms with van der Waals surface area (Å²) in [5.41, 5.74) is 4.03. The predicted octanol–water partition coefficient (Wildman–Crippen LogP) is 4.86. The predicted molar refractivity (Wildman–Crippen MR) is 110 cm³/mol. The monoisotopic (exact) mass is 379 g/mol. The van der Waals surface area contributed by atoms with Crippen LogP contribution in [-0.4, -0.2) is 22.2 Å². The van der Waals surface area contributed by atoms with Crippen LogP contribution in [0, 0.1) is 6.92 Å². The highest BCUT2D eigenvalue weighted by molar-refractivity contribution is 8.05. The van der Waals surface area contributed by atoms with Gasteiger partial charge in [0, 0.05) is 5.69 Å². The summed E-state index contributed by atoms with van der Waals surface area (Å²) in [6.07, 6.45) is 3.67. The maximum absolute atomic E-state index is 12.8. The molecule has 1 N–H and O–H groups in total. The molecule has 0 aromatic heterocycles. The molecule has 138 valence electrons. The molecule has 1 heterocycles. The number of rotatable bonds is 5. The first-order valence-corrected chi connectivity index (χ1v) is 9.57. The molecular weight excluding hydrogens is 358 g/mol. The van der Waals surface area contributed by atoms with Crippen molar-refractivity contribution in [2.45, 2.75) is 25.5 Å². The number of aliphatic carboxylic acids is 1. The lowest BCUT2D eigenvalue weighted by molar-refractivity contribution is -0.138. The maximum Gasteiger partial charge on any atom is 0.305 e. The summed E-state index contributed by atoms with van der Waals surface area (Å²) in [4.78, 5) is 25.6. The highest BCUT2D eigenvalue weighted by Gasteiger charge is 2.38. The number of anilines is 1. The molecule has 1 saturated heterocycles. The van der Waals surface area contributed by atoms with Crippen LogP contribution in [0.25, 0.3) is 5.57 Å². The number of thioether (sulfide) groups is 1. The van der Waals surface area contributed by atoms with Crippen LogP contribution in [0.3, 0.4) is 0 Å². The first kappa shape index (κ1) is 19.0. The molecule has 1 aliphatic heterocycles. The van der Waals surface area contributed by atoms with Crippen LogP contribution >= 0.6 is 11.8 Å². The van der Waals surface area contributed by atoms with E-state index >= 15 is 0 Å². The van der Waals surface area contributed by atoms with Crippen LogP contribution in [0.5, 0.6) is 0 Å². The molecule has 4 nitrogen and oxygen atoms in total. The summed E-state index contributed by atoms with van der Waals surface area (Å²) in [5, 5.41) is 9.25. The molecule has 1 unspecified atom stereocenters. The Morgan fingerprint density at radius 3 is 2.44 bits per heavy atom. The lowest BCUT2D eigenvalue weighted by Crippen LogP contribution is -2.29. The third-order valence-electron chi connectivity index (χ3n) is 4.34. The fourth-order valence-corrected chi connectivity index (χ4v) is 4.02. The number of hydrogen-bond acceptors (Lipinski definition) is 3. The van der Waals surface area contributed by atoms with Crippen molar-refractivity contribution < 1.29 is 14.7 Å². The van der Waals surface area contributed by atoms with Gasteiger partial charge in [-0.3, -0.25) is 14.5 Å². The quantitative estimate of drug-likeness (QED) is 0.806. The topological polar surface area (TPSA) is 57.6 Å². The van der Waals surface area contributed by atoms with E-state index in [2.05, 4.69) is 0 Å². The summed E-state index contributed by atoms with van der Waals surface area (Å²) in [6, 6.07) is 17.7. The average Bonchev–Trinajstić information content (AvgIpc) is 2.96. The number of carbonyl (C=O) groups is 2. The Bertz CT molecular complexity index is 901. The third kappa shape index (κ3) is 4.49. The molecule has 0 spiro atoms. The summed E-state index contributed by atoms with van der Waals surface area (Å²) in [6.45, 7) is 4.00. The number of aryl methyl sites for hydroxylation is 1. The lowest BCUT2D eigenvalue weighted by Gasteiger charge is -2.17. The van der Waals surface area contributed by atoms with Crippen LogP contribution < -0.4 is 4.90 Å². The van der Waals surface area contributed by atoms with Crippen LogP contribution in [-0.2, 0) is 9.59 Å². The fraction of sp³-hybridized carbons (Fsp3) is 0.182. The first-order chi connectivity index (χ1) is 13.0. The molecule has 0 aliphatic carbocycles. The van der Waals surface area contributed by atoms with Crippen molar-refractivity contribution in [1.82, 2.24) is 0 Å². The number of allylic oxidation sites excluding steroid dienone is 3.